The van der Waals surface area contributed by atoms with Crippen LogP contribution in [0.3, 0.4) is 0 Å². The minimum atomic E-state index is -0.857. The number of carboxylic acids is 1. The molecule has 20 heavy (non-hydrogen) atoms. The second-order valence-corrected chi connectivity index (χ2v) is 4.64. The standard InChI is InChI=1S/C15H22N2O3/c1-2-10-16-11-14(18)17-13(8-9-15(19)20)12-6-4-3-5-7-12/h3-7,13,16H,2,8-11H2,1H3,(H,17,18)(H,19,20). The summed E-state index contributed by atoms with van der Waals surface area (Å²) in [6, 6.07) is 9.18. The van der Waals surface area contributed by atoms with E-state index in [2.05, 4.69) is 10.6 Å². The van der Waals surface area contributed by atoms with Gasteiger partial charge in [0.1, 0.15) is 0 Å². The minimum absolute atomic E-state index is 0.0300. The zero-order valence-electron chi connectivity index (χ0n) is 11.8. The summed E-state index contributed by atoms with van der Waals surface area (Å²) in [6.07, 6.45) is 1.38. The minimum Gasteiger partial charge on any atom is -0.481 e. The van der Waals surface area contributed by atoms with E-state index < -0.39 is 5.97 Å². The summed E-state index contributed by atoms with van der Waals surface area (Å²) < 4.78 is 0. The number of carbonyl (C=O) groups excluding carboxylic acids is 1. The van der Waals surface area contributed by atoms with Gasteiger partial charge in [0, 0.05) is 6.42 Å². The summed E-state index contributed by atoms with van der Waals surface area (Å²) in [5.74, 6) is -0.970. The van der Waals surface area contributed by atoms with Crippen molar-refractivity contribution < 1.29 is 14.7 Å². The molecular weight excluding hydrogens is 256 g/mol. The van der Waals surface area contributed by atoms with Crippen LogP contribution in [-0.2, 0) is 9.59 Å². The Labute approximate surface area is 119 Å². The van der Waals surface area contributed by atoms with Gasteiger partial charge in [-0.05, 0) is 24.9 Å². The molecule has 5 heteroatoms. The molecule has 0 heterocycles. The van der Waals surface area contributed by atoms with Crippen LogP contribution in [0.2, 0.25) is 0 Å². The lowest BCUT2D eigenvalue weighted by atomic mass is 10.0. The van der Waals surface area contributed by atoms with Crippen molar-refractivity contribution in [3.63, 3.8) is 0 Å². The molecule has 0 aromatic heterocycles. The van der Waals surface area contributed by atoms with E-state index in [1.165, 1.54) is 0 Å². The Balaban J connectivity index is 2.58. The summed E-state index contributed by atoms with van der Waals surface area (Å²) in [5.41, 5.74) is 0.928. The number of rotatable bonds is 9. The summed E-state index contributed by atoms with van der Waals surface area (Å²) >= 11 is 0. The van der Waals surface area contributed by atoms with Crippen LogP contribution in [0.4, 0.5) is 0 Å². The largest absolute Gasteiger partial charge is 0.481 e. The molecule has 0 aliphatic rings. The van der Waals surface area contributed by atoms with E-state index in [4.69, 9.17) is 5.11 Å². The van der Waals surface area contributed by atoms with Gasteiger partial charge in [-0.15, -0.1) is 0 Å². The third kappa shape index (κ3) is 6.33. The maximum absolute atomic E-state index is 11.8. The van der Waals surface area contributed by atoms with Crippen molar-refractivity contribution in [2.24, 2.45) is 0 Å². The van der Waals surface area contributed by atoms with E-state index in [0.29, 0.717) is 6.42 Å². The van der Waals surface area contributed by atoms with Crippen LogP contribution < -0.4 is 10.6 Å². The van der Waals surface area contributed by atoms with Crippen LogP contribution in [-0.4, -0.2) is 30.1 Å². The molecule has 0 radical (unpaired) electrons. The molecule has 0 bridgehead atoms. The third-order valence-electron chi connectivity index (χ3n) is 2.90. The van der Waals surface area contributed by atoms with E-state index in [0.717, 1.165) is 18.5 Å². The maximum atomic E-state index is 11.8. The Morgan fingerprint density at radius 3 is 2.55 bits per heavy atom. The first-order valence-corrected chi connectivity index (χ1v) is 6.90. The Morgan fingerprint density at radius 1 is 1.25 bits per heavy atom. The van der Waals surface area contributed by atoms with Crippen LogP contribution in [0, 0.1) is 0 Å². The molecule has 0 aliphatic heterocycles. The highest BCUT2D eigenvalue weighted by atomic mass is 16.4. The van der Waals surface area contributed by atoms with Gasteiger partial charge < -0.3 is 15.7 Å². The number of hydrogen-bond donors (Lipinski definition) is 3. The average Bonchev–Trinajstić information content (AvgIpc) is 2.44. The molecule has 0 spiro atoms. The van der Waals surface area contributed by atoms with E-state index in [1.54, 1.807) is 0 Å². The molecule has 1 aromatic carbocycles. The molecule has 1 rings (SSSR count). The Bertz CT molecular complexity index is 420. The molecule has 1 unspecified atom stereocenters. The lowest BCUT2D eigenvalue weighted by molar-refractivity contribution is -0.137. The fourth-order valence-electron chi connectivity index (χ4n) is 1.90. The van der Waals surface area contributed by atoms with Crippen LogP contribution in [0.25, 0.3) is 0 Å². The molecule has 0 aliphatic carbocycles. The molecule has 3 N–H and O–H groups in total. The SMILES string of the molecule is CCCNCC(=O)NC(CCC(=O)O)c1ccccc1. The van der Waals surface area contributed by atoms with Crippen molar-refractivity contribution in [1.82, 2.24) is 10.6 Å². The van der Waals surface area contributed by atoms with Crippen molar-refractivity contribution in [1.29, 1.82) is 0 Å². The maximum Gasteiger partial charge on any atom is 0.303 e. The van der Waals surface area contributed by atoms with Crippen molar-refractivity contribution in [3.8, 4) is 0 Å². The van der Waals surface area contributed by atoms with Crippen molar-refractivity contribution in [2.75, 3.05) is 13.1 Å². The van der Waals surface area contributed by atoms with Gasteiger partial charge in [-0.2, -0.15) is 0 Å². The van der Waals surface area contributed by atoms with Gasteiger partial charge in [-0.25, -0.2) is 0 Å². The summed E-state index contributed by atoms with van der Waals surface area (Å²) in [5, 5.41) is 14.7. The highest BCUT2D eigenvalue weighted by molar-refractivity contribution is 5.78. The predicted molar refractivity (Wildman–Crippen MR) is 77.4 cm³/mol. The van der Waals surface area contributed by atoms with Gasteiger partial charge in [0.15, 0.2) is 0 Å². The van der Waals surface area contributed by atoms with Crippen LogP contribution in [0.15, 0.2) is 30.3 Å². The number of aliphatic carboxylic acids is 1. The molecule has 1 aromatic rings. The number of hydrogen-bond acceptors (Lipinski definition) is 3. The zero-order chi connectivity index (χ0) is 14.8. The number of nitrogens with one attached hydrogen (secondary N) is 2. The summed E-state index contributed by atoms with van der Waals surface area (Å²) in [4.78, 5) is 22.5. The normalized spacial score (nSPS) is 11.8. The second kappa shape index (κ2) is 9.09. The Kier molecular flexibility index (Phi) is 7.35. The third-order valence-corrected chi connectivity index (χ3v) is 2.90. The van der Waals surface area contributed by atoms with Gasteiger partial charge in [-0.1, -0.05) is 37.3 Å². The van der Waals surface area contributed by atoms with Gasteiger partial charge >= 0.3 is 5.97 Å². The van der Waals surface area contributed by atoms with Gasteiger partial charge in [0.25, 0.3) is 0 Å². The molecular formula is C15H22N2O3. The van der Waals surface area contributed by atoms with Crippen LogP contribution >= 0.6 is 0 Å². The average molecular weight is 278 g/mol. The van der Waals surface area contributed by atoms with E-state index in [1.807, 2.05) is 37.3 Å². The molecule has 1 amide bonds. The summed E-state index contributed by atoms with van der Waals surface area (Å²) in [6.45, 7) is 3.08. The van der Waals surface area contributed by atoms with Crippen LogP contribution in [0.1, 0.15) is 37.8 Å². The smallest absolute Gasteiger partial charge is 0.303 e. The summed E-state index contributed by atoms with van der Waals surface area (Å²) in [7, 11) is 0. The first-order chi connectivity index (χ1) is 9.63. The topological polar surface area (TPSA) is 78.4 Å². The first-order valence-electron chi connectivity index (χ1n) is 6.90. The molecule has 0 saturated heterocycles. The number of carboxylic acid groups (broad SMARTS) is 1. The molecule has 5 nitrogen and oxygen atoms in total. The quantitative estimate of drug-likeness (QED) is 0.601. The van der Waals surface area contributed by atoms with E-state index in [-0.39, 0.29) is 24.9 Å². The molecule has 110 valence electrons. The highest BCUT2D eigenvalue weighted by Gasteiger charge is 2.15. The number of carbonyl (C=O) groups is 2. The lowest BCUT2D eigenvalue weighted by Gasteiger charge is -2.18. The van der Waals surface area contributed by atoms with Gasteiger partial charge in [0.2, 0.25) is 5.91 Å². The van der Waals surface area contributed by atoms with Crippen molar-refractivity contribution in [3.05, 3.63) is 35.9 Å². The van der Waals surface area contributed by atoms with Crippen molar-refractivity contribution >= 4 is 11.9 Å². The molecule has 0 saturated carbocycles. The molecule has 1 atom stereocenters. The van der Waals surface area contributed by atoms with Gasteiger partial charge in [0.05, 0.1) is 12.6 Å². The fraction of sp³-hybridized carbons (Fsp3) is 0.467. The number of amides is 1. The highest BCUT2D eigenvalue weighted by Crippen LogP contribution is 2.18. The van der Waals surface area contributed by atoms with Gasteiger partial charge in [-0.3, -0.25) is 9.59 Å². The Morgan fingerprint density at radius 2 is 1.95 bits per heavy atom. The first kappa shape index (κ1) is 16.2. The second-order valence-electron chi connectivity index (χ2n) is 4.64. The fourth-order valence-corrected chi connectivity index (χ4v) is 1.90. The monoisotopic (exact) mass is 278 g/mol. The molecule has 0 fully saturated rings. The Hall–Kier alpha value is -1.88. The van der Waals surface area contributed by atoms with Crippen LogP contribution in [0.5, 0.6) is 0 Å². The lowest BCUT2D eigenvalue weighted by Crippen LogP contribution is -2.36. The predicted octanol–water partition coefficient (Wildman–Crippen LogP) is 1.71. The van der Waals surface area contributed by atoms with E-state index in [9.17, 15) is 9.59 Å². The zero-order valence-corrected chi connectivity index (χ0v) is 11.8. The van der Waals surface area contributed by atoms with Crippen molar-refractivity contribution in [2.45, 2.75) is 32.2 Å². The van der Waals surface area contributed by atoms with E-state index >= 15 is 0 Å². The number of benzene rings is 1.